The Hall–Kier alpha value is -1.50. The molecule has 1 fully saturated rings. The summed E-state index contributed by atoms with van der Waals surface area (Å²) in [6, 6.07) is 12.0. The maximum Gasteiger partial charge on any atom is 0.249 e. The predicted octanol–water partition coefficient (Wildman–Crippen LogP) is 3.96. The SMILES string of the molecule is NC(=O)c1ccccc1C1OCN(Cl)N1c1ccc(Cl)cc1Cl. The molecule has 120 valence electrons. The smallest absolute Gasteiger partial charge is 0.249 e. The van der Waals surface area contributed by atoms with Crippen LogP contribution in [0.3, 0.4) is 0 Å². The van der Waals surface area contributed by atoms with E-state index in [1.807, 2.05) is 0 Å². The molecule has 1 aliphatic heterocycles. The standard InChI is InChI=1S/C15H12Cl3N3O2/c16-9-5-6-13(12(17)7-9)21-15(23-8-20(21)18)11-4-2-1-3-10(11)14(19)22/h1-7,15H,8H2,(H2,19,22). The number of nitrogens with two attached hydrogens (primary N) is 1. The highest BCUT2D eigenvalue weighted by Crippen LogP contribution is 2.40. The van der Waals surface area contributed by atoms with Gasteiger partial charge in [0.1, 0.15) is 6.73 Å². The van der Waals surface area contributed by atoms with Crippen molar-refractivity contribution in [1.29, 1.82) is 0 Å². The first-order chi connectivity index (χ1) is 11.0. The molecule has 0 radical (unpaired) electrons. The molecule has 2 N–H and O–H groups in total. The van der Waals surface area contributed by atoms with E-state index in [0.717, 1.165) is 0 Å². The molecule has 0 aromatic heterocycles. The lowest BCUT2D eigenvalue weighted by molar-refractivity contribution is 0.0946. The first kappa shape index (κ1) is 16.4. The molecule has 1 unspecified atom stereocenters. The lowest BCUT2D eigenvalue weighted by atomic mass is 10.1. The molecule has 1 saturated heterocycles. The van der Waals surface area contributed by atoms with Gasteiger partial charge in [-0.25, -0.2) is 0 Å². The molecule has 23 heavy (non-hydrogen) atoms. The van der Waals surface area contributed by atoms with Crippen LogP contribution in [0.15, 0.2) is 42.5 Å². The van der Waals surface area contributed by atoms with Crippen molar-refractivity contribution in [3.8, 4) is 0 Å². The van der Waals surface area contributed by atoms with E-state index >= 15 is 0 Å². The molecule has 0 aliphatic carbocycles. The summed E-state index contributed by atoms with van der Waals surface area (Å²) in [4.78, 5) is 11.7. The number of hydrogen-bond acceptors (Lipinski definition) is 4. The summed E-state index contributed by atoms with van der Waals surface area (Å²) in [5.41, 5.74) is 7.02. The number of nitrogens with zero attached hydrogens (tertiary/aromatic N) is 2. The van der Waals surface area contributed by atoms with Crippen LogP contribution in [-0.4, -0.2) is 17.2 Å². The first-order valence-electron chi connectivity index (χ1n) is 6.67. The molecule has 3 rings (SSSR count). The average Bonchev–Trinajstić information content (AvgIpc) is 2.89. The molecule has 1 aliphatic rings. The Balaban J connectivity index is 2.07. The molecule has 0 bridgehead atoms. The first-order valence-corrected chi connectivity index (χ1v) is 7.76. The van der Waals surface area contributed by atoms with Gasteiger partial charge in [0.25, 0.3) is 0 Å². The molecule has 2 aromatic rings. The van der Waals surface area contributed by atoms with Gasteiger partial charge in [-0.05, 0) is 24.3 Å². The summed E-state index contributed by atoms with van der Waals surface area (Å²) in [6.45, 7) is 0.123. The maximum atomic E-state index is 11.7. The Bertz CT molecular complexity index is 756. The Morgan fingerprint density at radius 1 is 1.22 bits per heavy atom. The third-order valence-electron chi connectivity index (χ3n) is 3.44. The number of carbonyl (C=O) groups excluding carboxylic acids is 1. The minimum atomic E-state index is -0.630. The summed E-state index contributed by atoms with van der Waals surface area (Å²) in [6.07, 6.45) is -0.630. The van der Waals surface area contributed by atoms with Crippen molar-refractivity contribution in [3.05, 3.63) is 63.6 Å². The predicted molar refractivity (Wildman–Crippen MR) is 90.3 cm³/mol. The topological polar surface area (TPSA) is 58.8 Å². The number of primary amides is 1. The van der Waals surface area contributed by atoms with Gasteiger partial charge in [0.05, 0.1) is 10.7 Å². The fourth-order valence-electron chi connectivity index (χ4n) is 2.45. The van der Waals surface area contributed by atoms with E-state index in [2.05, 4.69) is 0 Å². The third kappa shape index (κ3) is 3.11. The second-order valence-corrected chi connectivity index (χ2v) is 6.11. The second kappa shape index (κ2) is 6.55. The Morgan fingerprint density at radius 3 is 2.65 bits per heavy atom. The number of halogens is 3. The molecule has 1 amide bonds. The largest absolute Gasteiger partial charge is 0.366 e. The van der Waals surface area contributed by atoms with Crippen molar-refractivity contribution in [2.45, 2.75) is 6.23 Å². The van der Waals surface area contributed by atoms with E-state index in [9.17, 15) is 4.79 Å². The van der Waals surface area contributed by atoms with Gasteiger partial charge in [-0.3, -0.25) is 9.80 Å². The molecular formula is C15H12Cl3N3O2. The van der Waals surface area contributed by atoms with Crippen LogP contribution in [0.1, 0.15) is 22.1 Å². The summed E-state index contributed by atoms with van der Waals surface area (Å²) in [5.74, 6) is -0.542. The number of amides is 1. The Morgan fingerprint density at radius 2 is 1.96 bits per heavy atom. The van der Waals surface area contributed by atoms with Crippen LogP contribution in [0.5, 0.6) is 0 Å². The van der Waals surface area contributed by atoms with Gasteiger partial charge in [0.15, 0.2) is 6.23 Å². The second-order valence-electron chi connectivity index (χ2n) is 4.88. The van der Waals surface area contributed by atoms with Crippen molar-refractivity contribution in [2.75, 3.05) is 11.7 Å². The van der Waals surface area contributed by atoms with Crippen LogP contribution in [0, 0.1) is 0 Å². The lowest BCUT2D eigenvalue weighted by Crippen LogP contribution is -2.32. The van der Waals surface area contributed by atoms with Gasteiger partial charge in [-0.2, -0.15) is 0 Å². The van der Waals surface area contributed by atoms with Crippen molar-refractivity contribution in [2.24, 2.45) is 5.73 Å². The zero-order valence-corrected chi connectivity index (χ0v) is 14.0. The third-order valence-corrected chi connectivity index (χ3v) is 4.24. The molecule has 8 heteroatoms. The highest BCUT2D eigenvalue weighted by Gasteiger charge is 2.36. The summed E-state index contributed by atoms with van der Waals surface area (Å²) < 4.78 is 7.06. The van der Waals surface area contributed by atoms with E-state index in [-0.39, 0.29) is 6.73 Å². The summed E-state index contributed by atoms with van der Waals surface area (Å²) in [7, 11) is 0. The zero-order valence-electron chi connectivity index (χ0n) is 11.7. The number of carbonyl (C=O) groups is 1. The summed E-state index contributed by atoms with van der Waals surface area (Å²) in [5, 5.41) is 2.56. The molecule has 2 aromatic carbocycles. The number of benzene rings is 2. The van der Waals surface area contributed by atoms with Crippen LogP contribution in [0.2, 0.25) is 10.0 Å². The van der Waals surface area contributed by atoms with Crippen LogP contribution >= 0.6 is 35.0 Å². The van der Waals surface area contributed by atoms with Crippen molar-refractivity contribution < 1.29 is 9.53 Å². The van der Waals surface area contributed by atoms with Gasteiger partial charge >= 0.3 is 0 Å². The molecule has 0 spiro atoms. The van der Waals surface area contributed by atoms with Crippen LogP contribution in [-0.2, 0) is 4.74 Å². The minimum Gasteiger partial charge on any atom is -0.366 e. The number of rotatable bonds is 3. The number of hydrazine groups is 1. The molecule has 0 saturated carbocycles. The fourth-order valence-corrected chi connectivity index (χ4v) is 3.16. The zero-order chi connectivity index (χ0) is 16.6. The van der Waals surface area contributed by atoms with Crippen LogP contribution in [0.25, 0.3) is 0 Å². The molecular weight excluding hydrogens is 361 g/mol. The Labute approximate surface area is 148 Å². The normalized spacial score (nSPS) is 18.4. The van der Waals surface area contributed by atoms with E-state index < -0.39 is 12.1 Å². The van der Waals surface area contributed by atoms with Crippen molar-refractivity contribution in [3.63, 3.8) is 0 Å². The lowest BCUT2D eigenvalue weighted by Gasteiger charge is -2.29. The van der Waals surface area contributed by atoms with E-state index in [4.69, 9.17) is 45.4 Å². The monoisotopic (exact) mass is 371 g/mol. The van der Waals surface area contributed by atoms with Crippen molar-refractivity contribution in [1.82, 2.24) is 4.53 Å². The van der Waals surface area contributed by atoms with Gasteiger partial charge < -0.3 is 10.5 Å². The molecule has 5 nitrogen and oxygen atoms in total. The number of ether oxygens (including phenoxy) is 1. The van der Waals surface area contributed by atoms with E-state index in [1.54, 1.807) is 47.5 Å². The highest BCUT2D eigenvalue weighted by atomic mass is 35.5. The van der Waals surface area contributed by atoms with E-state index in [0.29, 0.717) is 26.9 Å². The average molecular weight is 373 g/mol. The van der Waals surface area contributed by atoms with Gasteiger partial charge in [-0.1, -0.05) is 41.4 Å². The quantitative estimate of drug-likeness (QED) is 0.829. The van der Waals surface area contributed by atoms with Gasteiger partial charge in [-0.15, -0.1) is 4.53 Å². The number of hydrogen-bond donors (Lipinski definition) is 1. The van der Waals surface area contributed by atoms with E-state index in [1.165, 1.54) is 4.53 Å². The molecule has 1 heterocycles. The maximum absolute atomic E-state index is 11.7. The highest BCUT2D eigenvalue weighted by molar-refractivity contribution is 6.36. The van der Waals surface area contributed by atoms with Gasteiger partial charge in [0.2, 0.25) is 5.91 Å². The number of anilines is 1. The fraction of sp³-hybridized carbons (Fsp3) is 0.133. The van der Waals surface area contributed by atoms with Crippen LogP contribution in [0.4, 0.5) is 5.69 Å². The van der Waals surface area contributed by atoms with Crippen molar-refractivity contribution >= 4 is 46.6 Å². The minimum absolute atomic E-state index is 0.123. The van der Waals surface area contributed by atoms with Crippen LogP contribution < -0.4 is 10.7 Å². The van der Waals surface area contributed by atoms with Gasteiger partial charge in [0, 0.05) is 27.9 Å². The molecule has 1 atom stereocenters. The Kier molecular flexibility index (Phi) is 4.66. The summed E-state index contributed by atoms with van der Waals surface area (Å²) >= 11 is 18.4.